The van der Waals surface area contributed by atoms with Gasteiger partial charge in [-0.1, -0.05) is 36.4 Å². The Morgan fingerprint density at radius 2 is 0.828 bits per heavy atom. The lowest BCUT2D eigenvalue weighted by molar-refractivity contribution is 0.483. The Kier molecular flexibility index (Phi) is 9.46. The van der Waals surface area contributed by atoms with Crippen LogP contribution in [0.15, 0.2) is 183 Å². The molecule has 0 saturated carbocycles. The first-order chi connectivity index (χ1) is 31.3. The van der Waals surface area contributed by atoms with Crippen molar-refractivity contribution in [1.29, 1.82) is 0 Å². The average molecular weight is 835 g/mol. The summed E-state index contributed by atoms with van der Waals surface area (Å²) in [5, 5.41) is 4.55. The van der Waals surface area contributed by atoms with Gasteiger partial charge in [0.05, 0.1) is 45.8 Å². The quantitative estimate of drug-likeness (QED) is 0.135. The summed E-state index contributed by atoms with van der Waals surface area (Å²) in [4.78, 5) is 23.3. The van der Waals surface area contributed by atoms with Gasteiger partial charge in [0.25, 0.3) is 0 Å². The van der Waals surface area contributed by atoms with Crippen molar-refractivity contribution in [2.24, 2.45) is 0 Å². The molecule has 64 heavy (non-hydrogen) atoms. The third kappa shape index (κ3) is 6.97. The summed E-state index contributed by atoms with van der Waals surface area (Å²) in [5.74, 6) is 4.52. The van der Waals surface area contributed by atoms with Crippen molar-refractivity contribution >= 4 is 55.0 Å². The molecule has 10 nitrogen and oxygen atoms in total. The van der Waals surface area contributed by atoms with Crippen molar-refractivity contribution in [1.82, 2.24) is 29.1 Å². The Morgan fingerprint density at radius 3 is 1.23 bits per heavy atom. The van der Waals surface area contributed by atoms with E-state index in [0.29, 0.717) is 11.5 Å². The van der Waals surface area contributed by atoms with Crippen molar-refractivity contribution < 1.29 is 9.47 Å². The zero-order valence-corrected chi connectivity index (χ0v) is 35.7. The first-order valence-electron chi connectivity index (χ1n) is 21.1. The standard InChI is InChI=1S/C54H42N8O2/c1-59(2)37-17-23-49-45(29-37)43-21-19-41(31-51(43)61(49)53-15-5-7-25-55-53)63-39-13-9-11-35(27-39)47-33-58-48(34-57-47)36-12-10-14-40(28-36)64-42-20-22-44-46-30-38(60(3)4)18-24-50(46)62(52(44)32-42)54-16-6-8-26-56-54/h5-34H,1-4H3. The highest BCUT2D eigenvalue weighted by Gasteiger charge is 2.18. The molecule has 0 N–H and O–H groups in total. The number of benzene rings is 6. The molecule has 0 fully saturated rings. The second kappa shape index (κ2) is 15.8. The summed E-state index contributed by atoms with van der Waals surface area (Å²) in [6.45, 7) is 0. The summed E-state index contributed by atoms with van der Waals surface area (Å²) >= 11 is 0. The number of anilines is 2. The van der Waals surface area contributed by atoms with Crippen LogP contribution in [0.5, 0.6) is 23.0 Å². The molecule has 0 aliphatic carbocycles. The summed E-state index contributed by atoms with van der Waals surface area (Å²) in [6, 6.07) is 53.3. The van der Waals surface area contributed by atoms with E-state index in [9.17, 15) is 0 Å². The third-order valence-corrected chi connectivity index (χ3v) is 11.6. The van der Waals surface area contributed by atoms with Crippen LogP contribution in [0.2, 0.25) is 0 Å². The minimum absolute atomic E-state index is 0.694. The topological polar surface area (TPSA) is 86.4 Å². The molecule has 0 bridgehead atoms. The molecule has 0 radical (unpaired) electrons. The van der Waals surface area contributed by atoms with Crippen LogP contribution < -0.4 is 19.3 Å². The summed E-state index contributed by atoms with van der Waals surface area (Å²) in [6.07, 6.45) is 7.24. The normalized spacial score (nSPS) is 11.4. The summed E-state index contributed by atoms with van der Waals surface area (Å²) in [5.41, 5.74) is 9.71. The first-order valence-corrected chi connectivity index (χ1v) is 21.1. The fraction of sp³-hybridized carbons (Fsp3) is 0.0741. The molecule has 0 spiro atoms. The molecule has 0 unspecified atom stereocenters. The molecular weight excluding hydrogens is 793 g/mol. The van der Waals surface area contributed by atoms with E-state index in [2.05, 4.69) is 108 Å². The Labute approximate surface area is 369 Å². The van der Waals surface area contributed by atoms with E-state index in [0.717, 1.165) is 101 Å². The monoisotopic (exact) mass is 834 g/mol. The smallest absolute Gasteiger partial charge is 0.137 e. The van der Waals surface area contributed by atoms with E-state index >= 15 is 0 Å². The van der Waals surface area contributed by atoms with Crippen LogP contribution in [0.4, 0.5) is 11.4 Å². The lowest BCUT2D eigenvalue weighted by Gasteiger charge is -2.12. The van der Waals surface area contributed by atoms with E-state index in [1.165, 1.54) is 0 Å². The van der Waals surface area contributed by atoms with E-state index in [1.54, 1.807) is 12.4 Å². The van der Waals surface area contributed by atoms with Gasteiger partial charge in [-0.2, -0.15) is 0 Å². The number of pyridine rings is 2. The molecule has 0 atom stereocenters. The van der Waals surface area contributed by atoms with Crippen molar-refractivity contribution in [3.8, 4) is 57.1 Å². The van der Waals surface area contributed by atoms with Gasteiger partial charge in [0, 0.05) is 96.8 Å². The number of hydrogen-bond acceptors (Lipinski definition) is 8. The van der Waals surface area contributed by atoms with Crippen LogP contribution in [-0.4, -0.2) is 57.3 Å². The van der Waals surface area contributed by atoms with Crippen LogP contribution >= 0.6 is 0 Å². The number of aromatic nitrogens is 6. The van der Waals surface area contributed by atoms with Crippen molar-refractivity contribution in [3.63, 3.8) is 0 Å². The van der Waals surface area contributed by atoms with Crippen molar-refractivity contribution in [3.05, 3.63) is 183 Å². The van der Waals surface area contributed by atoms with Gasteiger partial charge in [0.15, 0.2) is 0 Å². The number of rotatable bonds is 10. The molecule has 5 aromatic heterocycles. The molecule has 0 amide bonds. The molecule has 11 aromatic rings. The second-order valence-corrected chi connectivity index (χ2v) is 16.1. The number of nitrogens with zero attached hydrogens (tertiary/aromatic N) is 8. The minimum atomic E-state index is 0.694. The highest BCUT2D eigenvalue weighted by molar-refractivity contribution is 6.11. The van der Waals surface area contributed by atoms with E-state index in [-0.39, 0.29) is 0 Å². The molecule has 11 rings (SSSR count). The largest absolute Gasteiger partial charge is 0.457 e. The van der Waals surface area contributed by atoms with Crippen molar-refractivity contribution in [2.45, 2.75) is 0 Å². The predicted molar refractivity (Wildman–Crippen MR) is 259 cm³/mol. The number of fused-ring (bicyclic) bond motifs is 6. The molecule has 10 heteroatoms. The van der Waals surface area contributed by atoms with E-state index in [4.69, 9.17) is 29.4 Å². The van der Waals surface area contributed by atoms with Gasteiger partial charge in [-0.3, -0.25) is 19.1 Å². The van der Waals surface area contributed by atoms with Crippen LogP contribution in [-0.2, 0) is 0 Å². The molecule has 310 valence electrons. The van der Waals surface area contributed by atoms with E-state index in [1.807, 2.05) is 109 Å². The van der Waals surface area contributed by atoms with E-state index < -0.39 is 0 Å². The molecule has 5 heterocycles. The maximum atomic E-state index is 6.52. The minimum Gasteiger partial charge on any atom is -0.457 e. The Morgan fingerprint density at radius 1 is 0.375 bits per heavy atom. The van der Waals surface area contributed by atoms with Crippen LogP contribution in [0.3, 0.4) is 0 Å². The number of hydrogen-bond donors (Lipinski definition) is 0. The van der Waals surface area contributed by atoms with Crippen LogP contribution in [0, 0.1) is 0 Å². The van der Waals surface area contributed by atoms with Crippen LogP contribution in [0.1, 0.15) is 0 Å². The molecule has 0 aliphatic rings. The lowest BCUT2D eigenvalue weighted by atomic mass is 10.1. The number of ether oxygens (including phenoxy) is 2. The maximum absolute atomic E-state index is 6.52. The lowest BCUT2D eigenvalue weighted by Crippen LogP contribution is -2.08. The Balaban J connectivity index is 0.853. The average Bonchev–Trinajstić information content (AvgIpc) is 3.83. The molecular formula is C54H42N8O2. The van der Waals surface area contributed by atoms with Gasteiger partial charge in [0.1, 0.15) is 34.6 Å². The Bertz CT molecular complexity index is 3270. The highest BCUT2D eigenvalue weighted by atomic mass is 16.5. The third-order valence-electron chi connectivity index (χ3n) is 11.6. The zero-order valence-electron chi connectivity index (χ0n) is 35.7. The maximum Gasteiger partial charge on any atom is 0.137 e. The van der Waals surface area contributed by atoms with Crippen LogP contribution in [0.25, 0.3) is 77.8 Å². The van der Waals surface area contributed by atoms with Gasteiger partial charge in [-0.15, -0.1) is 0 Å². The fourth-order valence-corrected chi connectivity index (χ4v) is 8.46. The van der Waals surface area contributed by atoms with Gasteiger partial charge in [-0.05, 0) is 109 Å². The summed E-state index contributed by atoms with van der Waals surface area (Å²) in [7, 11) is 8.23. The van der Waals surface area contributed by atoms with Gasteiger partial charge < -0.3 is 19.3 Å². The molecule has 0 saturated heterocycles. The fourth-order valence-electron chi connectivity index (χ4n) is 8.46. The van der Waals surface area contributed by atoms with Gasteiger partial charge in [0.2, 0.25) is 0 Å². The molecule has 0 aliphatic heterocycles. The predicted octanol–water partition coefficient (Wildman–Crippen LogP) is 12.5. The molecule has 6 aromatic carbocycles. The van der Waals surface area contributed by atoms with Gasteiger partial charge in [-0.25, -0.2) is 9.97 Å². The first kappa shape index (κ1) is 38.4. The second-order valence-electron chi connectivity index (χ2n) is 16.1. The van der Waals surface area contributed by atoms with Crippen molar-refractivity contribution in [2.75, 3.05) is 38.0 Å². The van der Waals surface area contributed by atoms with Gasteiger partial charge >= 0.3 is 0 Å². The zero-order chi connectivity index (χ0) is 43.3. The summed E-state index contributed by atoms with van der Waals surface area (Å²) < 4.78 is 17.4. The highest BCUT2D eigenvalue weighted by Crippen LogP contribution is 2.39. The Hall–Kier alpha value is -8.50. The SMILES string of the molecule is CN(C)c1ccc2c(c1)c1ccc(Oc3cccc(-c4cnc(-c5cccc(Oc6ccc7c8cc(N(C)C)ccc8n(-c8ccccn8)c7c6)c5)cn4)c3)cc1n2-c1ccccn1.